The number of halogens is 3. The third-order valence-electron chi connectivity index (χ3n) is 2.80. The van der Waals surface area contributed by atoms with Gasteiger partial charge in [0.05, 0.1) is 6.10 Å². The molecule has 0 radical (unpaired) electrons. The van der Waals surface area contributed by atoms with Gasteiger partial charge in [-0.25, -0.2) is 0 Å². The highest BCUT2D eigenvalue weighted by atomic mass is 19.4. The molecule has 0 saturated carbocycles. The molecule has 1 aromatic carbocycles. The standard InChI is InChI=1S/C12H15F3O3/c1-8(17-3)11(2,16)9-6-4-5-7-10(9)18-12(13,14)15/h4-8,16H,1-3H3. The van der Waals surface area contributed by atoms with Gasteiger partial charge in [0.15, 0.2) is 0 Å². The molecule has 2 unspecified atom stereocenters. The summed E-state index contributed by atoms with van der Waals surface area (Å²) in [5, 5.41) is 10.3. The van der Waals surface area contributed by atoms with Crippen LogP contribution in [0, 0.1) is 0 Å². The van der Waals surface area contributed by atoms with Crippen LogP contribution >= 0.6 is 0 Å². The van der Waals surface area contributed by atoms with Crippen molar-refractivity contribution in [2.45, 2.75) is 31.9 Å². The quantitative estimate of drug-likeness (QED) is 0.908. The highest BCUT2D eigenvalue weighted by molar-refractivity contribution is 5.38. The van der Waals surface area contributed by atoms with E-state index in [9.17, 15) is 18.3 Å². The molecule has 0 aliphatic heterocycles. The van der Waals surface area contributed by atoms with Crippen LogP contribution in [0.25, 0.3) is 0 Å². The smallest absolute Gasteiger partial charge is 0.405 e. The Balaban J connectivity index is 3.16. The Hall–Kier alpha value is -1.27. The van der Waals surface area contributed by atoms with E-state index >= 15 is 0 Å². The summed E-state index contributed by atoms with van der Waals surface area (Å²) in [6.45, 7) is 2.93. The number of hydrogen-bond acceptors (Lipinski definition) is 3. The van der Waals surface area contributed by atoms with Crippen LogP contribution in [0.4, 0.5) is 13.2 Å². The molecular weight excluding hydrogens is 249 g/mol. The SMILES string of the molecule is COC(C)C(C)(O)c1ccccc1OC(F)(F)F. The van der Waals surface area contributed by atoms with Gasteiger partial charge in [0.25, 0.3) is 0 Å². The summed E-state index contributed by atoms with van der Waals surface area (Å²) < 4.78 is 45.6. The van der Waals surface area contributed by atoms with Crippen molar-refractivity contribution in [1.29, 1.82) is 0 Å². The Morgan fingerprint density at radius 3 is 2.28 bits per heavy atom. The summed E-state index contributed by atoms with van der Waals surface area (Å²) in [4.78, 5) is 0. The maximum Gasteiger partial charge on any atom is 0.573 e. The second-order valence-corrected chi connectivity index (χ2v) is 4.07. The van der Waals surface area contributed by atoms with Crippen molar-refractivity contribution < 1.29 is 27.8 Å². The average Bonchev–Trinajstić information content (AvgIpc) is 2.26. The molecule has 1 aromatic rings. The Bertz CT molecular complexity index is 402. The molecule has 0 spiro atoms. The average molecular weight is 264 g/mol. The number of para-hydroxylation sites is 1. The van der Waals surface area contributed by atoms with Crippen molar-refractivity contribution in [2.24, 2.45) is 0 Å². The zero-order valence-electron chi connectivity index (χ0n) is 10.3. The minimum absolute atomic E-state index is 0.0247. The van der Waals surface area contributed by atoms with Crippen LogP contribution in [0.1, 0.15) is 19.4 Å². The van der Waals surface area contributed by atoms with Crippen LogP contribution in [0.3, 0.4) is 0 Å². The number of methoxy groups -OCH3 is 1. The van der Waals surface area contributed by atoms with E-state index in [-0.39, 0.29) is 5.56 Å². The minimum atomic E-state index is -4.80. The van der Waals surface area contributed by atoms with E-state index in [1.807, 2.05) is 0 Å². The van der Waals surface area contributed by atoms with Gasteiger partial charge in [-0.15, -0.1) is 13.2 Å². The third-order valence-corrected chi connectivity index (χ3v) is 2.80. The van der Waals surface area contributed by atoms with Crippen molar-refractivity contribution in [3.05, 3.63) is 29.8 Å². The second-order valence-electron chi connectivity index (χ2n) is 4.07. The zero-order chi connectivity index (χ0) is 14.0. The van der Waals surface area contributed by atoms with Gasteiger partial charge >= 0.3 is 6.36 Å². The lowest BCUT2D eigenvalue weighted by atomic mass is 9.90. The summed E-state index contributed by atoms with van der Waals surface area (Å²) in [6.07, 6.45) is -5.49. The largest absolute Gasteiger partial charge is 0.573 e. The van der Waals surface area contributed by atoms with E-state index in [4.69, 9.17) is 4.74 Å². The van der Waals surface area contributed by atoms with Gasteiger partial charge in [-0.05, 0) is 19.9 Å². The Morgan fingerprint density at radius 2 is 1.78 bits per heavy atom. The van der Waals surface area contributed by atoms with Crippen LogP contribution in [0.5, 0.6) is 5.75 Å². The molecule has 0 saturated heterocycles. The Labute approximate surface area is 103 Å². The predicted molar refractivity (Wildman–Crippen MR) is 59.2 cm³/mol. The highest BCUT2D eigenvalue weighted by Gasteiger charge is 2.37. The molecule has 0 aliphatic carbocycles. The molecule has 18 heavy (non-hydrogen) atoms. The fourth-order valence-corrected chi connectivity index (χ4v) is 1.55. The third kappa shape index (κ3) is 3.36. The predicted octanol–water partition coefficient (Wildman–Crippen LogP) is 2.83. The van der Waals surface area contributed by atoms with E-state index in [1.54, 1.807) is 6.92 Å². The molecule has 6 heteroatoms. The van der Waals surface area contributed by atoms with Crippen molar-refractivity contribution >= 4 is 0 Å². The van der Waals surface area contributed by atoms with Crippen LogP contribution in [0.15, 0.2) is 24.3 Å². The van der Waals surface area contributed by atoms with E-state index in [1.165, 1.54) is 32.2 Å². The molecule has 0 aromatic heterocycles. The molecule has 0 heterocycles. The van der Waals surface area contributed by atoms with Crippen molar-refractivity contribution in [2.75, 3.05) is 7.11 Å². The number of alkyl halides is 3. The molecular formula is C12H15F3O3. The lowest BCUT2D eigenvalue weighted by Crippen LogP contribution is -2.36. The maximum atomic E-state index is 12.3. The van der Waals surface area contributed by atoms with Gasteiger partial charge in [-0.2, -0.15) is 0 Å². The number of rotatable bonds is 4. The zero-order valence-corrected chi connectivity index (χ0v) is 10.3. The number of ether oxygens (including phenoxy) is 2. The monoisotopic (exact) mass is 264 g/mol. The van der Waals surface area contributed by atoms with E-state index in [2.05, 4.69) is 4.74 Å². The minimum Gasteiger partial charge on any atom is -0.405 e. The summed E-state index contributed by atoms with van der Waals surface area (Å²) in [5.41, 5.74) is -1.56. The Morgan fingerprint density at radius 1 is 1.22 bits per heavy atom. The van der Waals surface area contributed by atoms with Crippen LogP contribution in [-0.2, 0) is 10.3 Å². The lowest BCUT2D eigenvalue weighted by Gasteiger charge is -2.31. The van der Waals surface area contributed by atoms with Crippen molar-refractivity contribution in [3.63, 3.8) is 0 Å². The molecule has 1 N–H and O–H groups in total. The second kappa shape index (κ2) is 5.16. The molecule has 0 fully saturated rings. The number of hydrogen-bond donors (Lipinski definition) is 1. The first-order valence-corrected chi connectivity index (χ1v) is 5.29. The fraction of sp³-hybridized carbons (Fsp3) is 0.500. The van der Waals surface area contributed by atoms with Gasteiger partial charge in [-0.1, -0.05) is 18.2 Å². The van der Waals surface area contributed by atoms with Gasteiger partial charge < -0.3 is 14.6 Å². The molecule has 2 atom stereocenters. The molecule has 0 bridgehead atoms. The van der Waals surface area contributed by atoms with Gasteiger partial charge in [0, 0.05) is 12.7 Å². The molecule has 1 rings (SSSR count). The Kier molecular flexibility index (Phi) is 4.24. The summed E-state index contributed by atoms with van der Waals surface area (Å²) in [6, 6.07) is 5.45. The highest BCUT2D eigenvalue weighted by Crippen LogP contribution is 2.35. The van der Waals surface area contributed by atoms with E-state index in [0.29, 0.717) is 0 Å². The topological polar surface area (TPSA) is 38.7 Å². The summed E-state index contributed by atoms with van der Waals surface area (Å²) in [7, 11) is 1.37. The first kappa shape index (κ1) is 14.8. The lowest BCUT2D eigenvalue weighted by molar-refractivity contribution is -0.275. The van der Waals surface area contributed by atoms with Gasteiger partial charge in [-0.3, -0.25) is 0 Å². The summed E-state index contributed by atoms with van der Waals surface area (Å²) in [5.74, 6) is -0.432. The maximum absolute atomic E-state index is 12.3. The first-order valence-electron chi connectivity index (χ1n) is 5.29. The first-order chi connectivity index (χ1) is 8.18. The molecule has 3 nitrogen and oxygen atoms in total. The number of benzene rings is 1. The summed E-state index contributed by atoms with van der Waals surface area (Å²) >= 11 is 0. The van der Waals surface area contributed by atoms with Crippen LogP contribution in [-0.4, -0.2) is 24.7 Å². The van der Waals surface area contributed by atoms with E-state index < -0.39 is 23.8 Å². The van der Waals surface area contributed by atoms with E-state index in [0.717, 1.165) is 6.07 Å². The van der Waals surface area contributed by atoms with Gasteiger partial charge in [0.2, 0.25) is 0 Å². The van der Waals surface area contributed by atoms with Crippen LogP contribution in [0.2, 0.25) is 0 Å². The van der Waals surface area contributed by atoms with Crippen LogP contribution < -0.4 is 4.74 Å². The fourth-order valence-electron chi connectivity index (χ4n) is 1.55. The molecule has 0 amide bonds. The number of aliphatic hydroxyl groups is 1. The molecule has 102 valence electrons. The van der Waals surface area contributed by atoms with Gasteiger partial charge in [0.1, 0.15) is 11.4 Å². The van der Waals surface area contributed by atoms with Crippen molar-refractivity contribution in [1.82, 2.24) is 0 Å². The normalized spacial score (nSPS) is 17.1. The molecule has 0 aliphatic rings. The van der Waals surface area contributed by atoms with Crippen molar-refractivity contribution in [3.8, 4) is 5.75 Å².